The Bertz CT molecular complexity index is 517. The van der Waals surface area contributed by atoms with Gasteiger partial charge in [0.15, 0.2) is 0 Å². The highest BCUT2D eigenvalue weighted by atomic mass is 35.5. The molecular formula is C13H15ClN2S. The summed E-state index contributed by atoms with van der Waals surface area (Å²) in [6.45, 7) is 0. The van der Waals surface area contributed by atoms with Crippen molar-refractivity contribution in [3.8, 4) is 0 Å². The Hall–Kier alpha value is -0.670. The molecule has 4 heteroatoms. The van der Waals surface area contributed by atoms with E-state index in [1.165, 1.54) is 24.3 Å². The Balaban J connectivity index is 1.89. The van der Waals surface area contributed by atoms with E-state index in [0.29, 0.717) is 0 Å². The predicted octanol–water partition coefficient (Wildman–Crippen LogP) is 3.67. The van der Waals surface area contributed by atoms with Crippen LogP contribution in [0.2, 0.25) is 5.15 Å². The highest BCUT2D eigenvalue weighted by Crippen LogP contribution is 2.26. The molecule has 0 spiro atoms. The molecule has 0 saturated carbocycles. The minimum absolute atomic E-state index is 0.760. The maximum atomic E-state index is 6.24. The normalized spacial score (nSPS) is 20.9. The second-order valence-corrected chi connectivity index (χ2v) is 6.11. The molecule has 1 fully saturated rings. The number of fused-ring (bicyclic) bond motifs is 1. The van der Waals surface area contributed by atoms with Crippen molar-refractivity contribution >= 4 is 28.9 Å². The van der Waals surface area contributed by atoms with E-state index in [1.54, 1.807) is 0 Å². The maximum Gasteiger partial charge on any atom is 0.114 e. The molecule has 90 valence electrons. The van der Waals surface area contributed by atoms with Gasteiger partial charge in [-0.15, -0.1) is 0 Å². The third-order valence-electron chi connectivity index (χ3n) is 3.30. The summed E-state index contributed by atoms with van der Waals surface area (Å²) < 4.78 is 2.07. The zero-order valence-electron chi connectivity index (χ0n) is 9.60. The predicted molar refractivity (Wildman–Crippen MR) is 74.0 cm³/mol. The van der Waals surface area contributed by atoms with E-state index in [-0.39, 0.29) is 0 Å². The van der Waals surface area contributed by atoms with Gasteiger partial charge in [-0.3, -0.25) is 4.40 Å². The van der Waals surface area contributed by atoms with Crippen LogP contribution >= 0.6 is 23.4 Å². The second kappa shape index (κ2) is 4.91. The van der Waals surface area contributed by atoms with Crippen LogP contribution in [0.15, 0.2) is 24.4 Å². The lowest BCUT2D eigenvalue weighted by molar-refractivity contribution is 0.508. The molecule has 3 rings (SSSR count). The summed E-state index contributed by atoms with van der Waals surface area (Å²) in [5, 5.41) is 0.762. The lowest BCUT2D eigenvalue weighted by atomic mass is 10.0. The van der Waals surface area contributed by atoms with Gasteiger partial charge in [-0.05, 0) is 42.4 Å². The molecule has 2 aromatic rings. The molecule has 1 aliphatic rings. The fourth-order valence-corrected chi connectivity index (χ4v) is 3.86. The van der Waals surface area contributed by atoms with Gasteiger partial charge in [0.05, 0.1) is 11.7 Å². The van der Waals surface area contributed by atoms with E-state index in [2.05, 4.69) is 27.2 Å². The summed E-state index contributed by atoms with van der Waals surface area (Å²) in [6, 6.07) is 5.95. The number of thioether (sulfide) groups is 1. The number of hydrogen-bond donors (Lipinski definition) is 0. The Kier molecular flexibility index (Phi) is 3.30. The topological polar surface area (TPSA) is 17.3 Å². The third kappa shape index (κ3) is 2.31. The molecule has 1 aliphatic heterocycles. The Morgan fingerprint density at radius 2 is 2.41 bits per heavy atom. The molecule has 0 bridgehead atoms. The zero-order chi connectivity index (χ0) is 11.7. The average Bonchev–Trinajstić information content (AvgIpc) is 2.75. The molecule has 0 N–H and O–H groups in total. The first-order valence-corrected chi connectivity index (χ1v) is 7.56. The molecule has 1 saturated heterocycles. The van der Waals surface area contributed by atoms with Crippen molar-refractivity contribution in [1.82, 2.24) is 9.38 Å². The quantitative estimate of drug-likeness (QED) is 0.772. The van der Waals surface area contributed by atoms with Gasteiger partial charge in [-0.1, -0.05) is 17.7 Å². The van der Waals surface area contributed by atoms with Crippen LogP contribution in [0, 0.1) is 5.92 Å². The van der Waals surface area contributed by atoms with Crippen molar-refractivity contribution in [3.63, 3.8) is 0 Å². The number of pyridine rings is 1. The van der Waals surface area contributed by atoms with Crippen LogP contribution < -0.4 is 0 Å². The van der Waals surface area contributed by atoms with Gasteiger partial charge in [-0.25, -0.2) is 4.98 Å². The van der Waals surface area contributed by atoms with Crippen LogP contribution in [0.5, 0.6) is 0 Å². The SMILES string of the molecule is Clc1cccc2cnc(CC3CCCSC3)n12. The molecule has 2 aromatic heterocycles. The second-order valence-electron chi connectivity index (χ2n) is 4.57. The van der Waals surface area contributed by atoms with Crippen molar-refractivity contribution in [1.29, 1.82) is 0 Å². The van der Waals surface area contributed by atoms with Crippen molar-refractivity contribution in [2.45, 2.75) is 19.3 Å². The monoisotopic (exact) mass is 266 g/mol. The summed E-state index contributed by atoms with van der Waals surface area (Å²) in [4.78, 5) is 4.52. The lowest BCUT2D eigenvalue weighted by Gasteiger charge is -2.20. The van der Waals surface area contributed by atoms with Gasteiger partial charge in [0.25, 0.3) is 0 Å². The van der Waals surface area contributed by atoms with Crippen molar-refractivity contribution in [2.24, 2.45) is 5.92 Å². The number of halogens is 1. The van der Waals surface area contributed by atoms with Gasteiger partial charge in [0, 0.05) is 6.42 Å². The van der Waals surface area contributed by atoms with Crippen molar-refractivity contribution < 1.29 is 0 Å². The zero-order valence-corrected chi connectivity index (χ0v) is 11.2. The largest absolute Gasteiger partial charge is 0.287 e. The van der Waals surface area contributed by atoms with Gasteiger partial charge in [0.1, 0.15) is 11.0 Å². The van der Waals surface area contributed by atoms with Crippen LogP contribution in [0.3, 0.4) is 0 Å². The number of hydrogen-bond acceptors (Lipinski definition) is 2. The van der Waals surface area contributed by atoms with Crippen molar-refractivity contribution in [2.75, 3.05) is 11.5 Å². The molecule has 2 nitrogen and oxygen atoms in total. The molecular weight excluding hydrogens is 252 g/mol. The summed E-state index contributed by atoms with van der Waals surface area (Å²) in [6.07, 6.45) is 5.63. The van der Waals surface area contributed by atoms with Crippen LogP contribution in [0.25, 0.3) is 5.52 Å². The summed E-state index contributed by atoms with van der Waals surface area (Å²) >= 11 is 8.30. The highest BCUT2D eigenvalue weighted by Gasteiger charge is 2.17. The van der Waals surface area contributed by atoms with Crippen molar-refractivity contribution in [3.05, 3.63) is 35.4 Å². The fraction of sp³-hybridized carbons (Fsp3) is 0.462. The van der Waals surface area contributed by atoms with E-state index in [4.69, 9.17) is 11.6 Å². The van der Waals surface area contributed by atoms with E-state index < -0.39 is 0 Å². The summed E-state index contributed by atoms with van der Waals surface area (Å²) in [5.74, 6) is 4.45. The number of nitrogens with zero attached hydrogens (tertiary/aromatic N) is 2. The lowest BCUT2D eigenvalue weighted by Crippen LogP contribution is -2.14. The number of rotatable bonds is 2. The highest BCUT2D eigenvalue weighted by molar-refractivity contribution is 7.99. The summed E-state index contributed by atoms with van der Waals surface area (Å²) in [5.41, 5.74) is 1.09. The minimum atomic E-state index is 0.760. The first-order valence-electron chi connectivity index (χ1n) is 6.03. The van der Waals surface area contributed by atoms with Crippen LogP contribution in [0.4, 0.5) is 0 Å². The Morgan fingerprint density at radius 1 is 1.47 bits per heavy atom. The van der Waals surface area contributed by atoms with Crippen LogP contribution in [0.1, 0.15) is 18.7 Å². The van der Waals surface area contributed by atoms with Gasteiger partial charge >= 0.3 is 0 Å². The average molecular weight is 267 g/mol. The molecule has 1 atom stereocenters. The van der Waals surface area contributed by atoms with E-state index in [9.17, 15) is 0 Å². The van der Waals surface area contributed by atoms with Crippen LogP contribution in [-0.2, 0) is 6.42 Å². The van der Waals surface area contributed by atoms with Gasteiger partial charge in [0.2, 0.25) is 0 Å². The smallest absolute Gasteiger partial charge is 0.114 e. The molecule has 1 unspecified atom stereocenters. The molecule has 3 heterocycles. The number of imidazole rings is 1. The number of aromatic nitrogens is 2. The minimum Gasteiger partial charge on any atom is -0.287 e. The first-order chi connectivity index (χ1) is 8.34. The molecule has 0 amide bonds. The maximum absolute atomic E-state index is 6.24. The van der Waals surface area contributed by atoms with Gasteiger partial charge < -0.3 is 0 Å². The van der Waals surface area contributed by atoms with E-state index >= 15 is 0 Å². The summed E-state index contributed by atoms with van der Waals surface area (Å²) in [7, 11) is 0. The molecule has 0 aliphatic carbocycles. The molecule has 0 aromatic carbocycles. The first kappa shape index (κ1) is 11.4. The molecule has 17 heavy (non-hydrogen) atoms. The Labute approximate surface area is 110 Å². The third-order valence-corrected chi connectivity index (χ3v) is 4.88. The van der Waals surface area contributed by atoms with E-state index in [0.717, 1.165) is 28.8 Å². The molecule has 0 radical (unpaired) electrons. The van der Waals surface area contributed by atoms with E-state index in [1.807, 2.05) is 18.3 Å². The standard InChI is InChI=1S/C13H15ClN2S/c14-12-5-1-4-11-8-15-13(16(11)12)7-10-3-2-6-17-9-10/h1,4-5,8,10H,2-3,6-7,9H2. The van der Waals surface area contributed by atoms with Crippen LogP contribution in [-0.4, -0.2) is 20.9 Å². The Morgan fingerprint density at radius 3 is 3.24 bits per heavy atom. The van der Waals surface area contributed by atoms with Gasteiger partial charge in [-0.2, -0.15) is 11.8 Å². The fourth-order valence-electron chi connectivity index (χ4n) is 2.44.